The van der Waals surface area contributed by atoms with Crippen LogP contribution in [0.3, 0.4) is 0 Å². The SMILES string of the molecule is C/C(=N\NC(=O)COc1cc(C)cc(C)c1)C(c1ccccc1)c1ccccc1. The van der Waals surface area contributed by atoms with Crippen molar-refractivity contribution < 1.29 is 9.53 Å². The van der Waals surface area contributed by atoms with Gasteiger partial charge in [-0.3, -0.25) is 4.79 Å². The summed E-state index contributed by atoms with van der Waals surface area (Å²) in [6.45, 7) is 5.85. The third-order valence-corrected chi connectivity index (χ3v) is 4.61. The molecule has 0 fully saturated rings. The van der Waals surface area contributed by atoms with Crippen LogP contribution in [-0.2, 0) is 4.79 Å². The van der Waals surface area contributed by atoms with Crippen molar-refractivity contribution in [3.05, 3.63) is 101 Å². The van der Waals surface area contributed by atoms with Crippen LogP contribution in [0.5, 0.6) is 5.75 Å². The molecule has 0 heterocycles. The van der Waals surface area contributed by atoms with E-state index < -0.39 is 0 Å². The molecule has 3 aromatic carbocycles. The van der Waals surface area contributed by atoms with Crippen LogP contribution in [0.4, 0.5) is 0 Å². The molecule has 0 radical (unpaired) electrons. The van der Waals surface area contributed by atoms with Crippen LogP contribution in [0.2, 0.25) is 0 Å². The molecule has 4 nitrogen and oxygen atoms in total. The van der Waals surface area contributed by atoms with E-state index in [0.29, 0.717) is 5.75 Å². The number of benzene rings is 3. The highest BCUT2D eigenvalue weighted by atomic mass is 16.5. The maximum atomic E-state index is 12.2. The molecule has 29 heavy (non-hydrogen) atoms. The topological polar surface area (TPSA) is 50.7 Å². The first-order chi connectivity index (χ1) is 14.0. The molecule has 3 rings (SSSR count). The minimum Gasteiger partial charge on any atom is -0.484 e. The quantitative estimate of drug-likeness (QED) is 0.458. The molecular formula is C25H26N2O2. The molecule has 4 heteroatoms. The zero-order valence-corrected chi connectivity index (χ0v) is 17.1. The van der Waals surface area contributed by atoms with Crippen molar-refractivity contribution >= 4 is 11.6 Å². The molecule has 0 atom stereocenters. The number of carbonyl (C=O) groups is 1. The lowest BCUT2D eigenvalue weighted by atomic mass is 9.88. The third-order valence-electron chi connectivity index (χ3n) is 4.61. The van der Waals surface area contributed by atoms with Crippen LogP contribution in [0.15, 0.2) is 84.0 Å². The zero-order valence-electron chi connectivity index (χ0n) is 17.1. The summed E-state index contributed by atoms with van der Waals surface area (Å²) in [5.41, 5.74) is 7.88. The van der Waals surface area contributed by atoms with Gasteiger partial charge in [0, 0.05) is 11.6 Å². The highest BCUT2D eigenvalue weighted by Gasteiger charge is 2.17. The molecule has 1 N–H and O–H groups in total. The maximum Gasteiger partial charge on any atom is 0.277 e. The Hall–Kier alpha value is -3.40. The van der Waals surface area contributed by atoms with E-state index in [2.05, 4.69) is 40.9 Å². The van der Waals surface area contributed by atoms with Crippen LogP contribution in [-0.4, -0.2) is 18.2 Å². The van der Waals surface area contributed by atoms with Crippen LogP contribution < -0.4 is 10.2 Å². The van der Waals surface area contributed by atoms with Crippen molar-refractivity contribution in [2.45, 2.75) is 26.7 Å². The molecule has 0 aliphatic carbocycles. The Morgan fingerprint density at radius 3 is 1.93 bits per heavy atom. The fourth-order valence-electron chi connectivity index (χ4n) is 3.38. The molecule has 1 amide bonds. The second kappa shape index (κ2) is 9.69. The molecule has 0 aromatic heterocycles. The first-order valence-electron chi connectivity index (χ1n) is 9.67. The average molecular weight is 386 g/mol. The summed E-state index contributed by atoms with van der Waals surface area (Å²) in [5.74, 6) is 0.367. The van der Waals surface area contributed by atoms with E-state index in [1.807, 2.05) is 69.3 Å². The van der Waals surface area contributed by atoms with E-state index in [9.17, 15) is 4.79 Å². The van der Waals surface area contributed by atoms with Crippen molar-refractivity contribution in [1.82, 2.24) is 5.43 Å². The molecule has 0 bridgehead atoms. The van der Waals surface area contributed by atoms with Gasteiger partial charge in [0.15, 0.2) is 6.61 Å². The molecule has 0 spiro atoms. The lowest BCUT2D eigenvalue weighted by Gasteiger charge is -2.18. The summed E-state index contributed by atoms with van der Waals surface area (Å²) in [5, 5.41) is 4.36. The van der Waals surface area contributed by atoms with Gasteiger partial charge in [-0.05, 0) is 55.2 Å². The van der Waals surface area contributed by atoms with Crippen LogP contribution >= 0.6 is 0 Å². The van der Waals surface area contributed by atoms with E-state index in [1.54, 1.807) is 0 Å². The summed E-state index contributed by atoms with van der Waals surface area (Å²) in [4.78, 5) is 12.2. The number of carbonyl (C=O) groups excluding carboxylic acids is 1. The van der Waals surface area contributed by atoms with Crippen LogP contribution in [0.25, 0.3) is 0 Å². The Morgan fingerprint density at radius 2 is 1.41 bits per heavy atom. The second-order valence-electron chi connectivity index (χ2n) is 7.15. The summed E-state index contributed by atoms with van der Waals surface area (Å²) in [7, 11) is 0. The van der Waals surface area contributed by atoms with Gasteiger partial charge in [-0.1, -0.05) is 66.7 Å². The normalized spacial score (nSPS) is 11.4. The fourth-order valence-corrected chi connectivity index (χ4v) is 3.38. The number of ether oxygens (including phenoxy) is 1. The zero-order chi connectivity index (χ0) is 20.6. The Labute approximate surface area is 172 Å². The fraction of sp³-hybridized carbons (Fsp3) is 0.200. The number of hydrazone groups is 1. The van der Waals surface area contributed by atoms with Crippen molar-refractivity contribution in [1.29, 1.82) is 0 Å². The van der Waals surface area contributed by atoms with E-state index in [4.69, 9.17) is 4.74 Å². The number of nitrogens with one attached hydrogen (secondary N) is 1. The van der Waals surface area contributed by atoms with E-state index in [0.717, 1.165) is 28.0 Å². The molecule has 148 valence electrons. The number of amides is 1. The van der Waals surface area contributed by atoms with Gasteiger partial charge >= 0.3 is 0 Å². The summed E-state index contributed by atoms with van der Waals surface area (Å²) < 4.78 is 5.61. The number of hydrogen-bond donors (Lipinski definition) is 1. The molecule has 0 aliphatic heterocycles. The van der Waals surface area contributed by atoms with Crippen molar-refractivity contribution in [2.75, 3.05) is 6.61 Å². The first kappa shape index (κ1) is 20.3. The van der Waals surface area contributed by atoms with E-state index in [-0.39, 0.29) is 18.4 Å². The lowest BCUT2D eigenvalue weighted by molar-refractivity contribution is -0.123. The highest BCUT2D eigenvalue weighted by Crippen LogP contribution is 2.26. The number of rotatable bonds is 7. The van der Waals surface area contributed by atoms with Gasteiger partial charge in [0.05, 0.1) is 0 Å². The average Bonchev–Trinajstić information content (AvgIpc) is 2.72. The van der Waals surface area contributed by atoms with Gasteiger partial charge in [0.2, 0.25) is 0 Å². The first-order valence-corrected chi connectivity index (χ1v) is 9.67. The Morgan fingerprint density at radius 1 is 0.897 bits per heavy atom. The Kier molecular flexibility index (Phi) is 6.80. The second-order valence-corrected chi connectivity index (χ2v) is 7.15. The van der Waals surface area contributed by atoms with Crippen molar-refractivity contribution in [3.63, 3.8) is 0 Å². The van der Waals surface area contributed by atoms with Crippen LogP contribution in [0.1, 0.15) is 35.1 Å². The largest absolute Gasteiger partial charge is 0.484 e. The smallest absolute Gasteiger partial charge is 0.277 e. The van der Waals surface area contributed by atoms with Gasteiger partial charge in [-0.25, -0.2) is 5.43 Å². The van der Waals surface area contributed by atoms with E-state index in [1.165, 1.54) is 0 Å². The van der Waals surface area contributed by atoms with Gasteiger partial charge in [-0.2, -0.15) is 5.10 Å². The Balaban J connectivity index is 1.69. The number of nitrogens with zero attached hydrogens (tertiary/aromatic N) is 1. The molecule has 3 aromatic rings. The van der Waals surface area contributed by atoms with Gasteiger partial charge in [-0.15, -0.1) is 0 Å². The van der Waals surface area contributed by atoms with Crippen LogP contribution in [0, 0.1) is 13.8 Å². The molecule has 0 saturated carbocycles. The van der Waals surface area contributed by atoms with Gasteiger partial charge in [0.25, 0.3) is 5.91 Å². The molecule has 0 unspecified atom stereocenters. The highest BCUT2D eigenvalue weighted by molar-refractivity contribution is 5.93. The predicted octanol–water partition coefficient (Wildman–Crippen LogP) is 5.01. The third kappa shape index (κ3) is 5.79. The molecular weight excluding hydrogens is 360 g/mol. The Bertz CT molecular complexity index is 922. The minimum atomic E-state index is -0.289. The minimum absolute atomic E-state index is 0.0296. The predicted molar refractivity (Wildman–Crippen MR) is 117 cm³/mol. The summed E-state index contributed by atoms with van der Waals surface area (Å²) in [6.07, 6.45) is 0. The molecule has 0 aliphatic rings. The van der Waals surface area contributed by atoms with Gasteiger partial charge in [0.1, 0.15) is 5.75 Å². The summed E-state index contributed by atoms with van der Waals surface area (Å²) in [6, 6.07) is 26.2. The van der Waals surface area contributed by atoms with Gasteiger partial charge < -0.3 is 4.74 Å². The lowest BCUT2D eigenvalue weighted by Crippen LogP contribution is -2.26. The van der Waals surface area contributed by atoms with Crippen molar-refractivity contribution in [3.8, 4) is 5.75 Å². The maximum absolute atomic E-state index is 12.2. The monoisotopic (exact) mass is 386 g/mol. The molecule has 0 saturated heterocycles. The van der Waals surface area contributed by atoms with E-state index >= 15 is 0 Å². The standard InChI is InChI=1S/C25H26N2O2/c1-18-14-19(2)16-23(15-18)29-17-24(28)27-26-20(3)25(21-10-6-4-7-11-21)22-12-8-5-9-13-22/h4-16,25H,17H2,1-3H3,(H,27,28)/b26-20+. The van der Waals surface area contributed by atoms with Crippen molar-refractivity contribution in [2.24, 2.45) is 5.10 Å². The summed E-state index contributed by atoms with van der Waals surface area (Å²) >= 11 is 0. The number of aryl methyl sites for hydroxylation is 2. The number of hydrogen-bond acceptors (Lipinski definition) is 3.